The molecule has 7 heteroatoms. The van der Waals surface area contributed by atoms with Gasteiger partial charge in [0.1, 0.15) is 18.5 Å². The summed E-state index contributed by atoms with van der Waals surface area (Å²) in [7, 11) is 0. The van der Waals surface area contributed by atoms with Crippen LogP contribution in [0.4, 0.5) is 5.82 Å². The van der Waals surface area contributed by atoms with E-state index in [1.54, 1.807) is 18.7 Å². The summed E-state index contributed by atoms with van der Waals surface area (Å²) >= 11 is 0. The molecule has 0 saturated carbocycles. The van der Waals surface area contributed by atoms with Gasteiger partial charge in [0.2, 0.25) is 0 Å². The minimum absolute atomic E-state index is 0.400. The maximum atomic E-state index is 4.93. The number of fused-ring (bicyclic) bond motifs is 1. The van der Waals surface area contributed by atoms with Gasteiger partial charge in [0.25, 0.3) is 0 Å². The third kappa shape index (κ3) is 3.01. The smallest absolute Gasteiger partial charge is 0.162 e. The second-order valence-corrected chi connectivity index (χ2v) is 6.72. The summed E-state index contributed by atoms with van der Waals surface area (Å²) in [6, 6.07) is 12.5. The molecular formula is C20H19N7. The van der Waals surface area contributed by atoms with Crippen molar-refractivity contribution in [3.63, 3.8) is 0 Å². The second kappa shape index (κ2) is 6.75. The fourth-order valence-electron chi connectivity index (χ4n) is 3.68. The van der Waals surface area contributed by atoms with Gasteiger partial charge in [0.15, 0.2) is 5.82 Å². The number of benzene rings is 1. The molecule has 0 aliphatic carbocycles. The first-order valence-corrected chi connectivity index (χ1v) is 9.15. The zero-order chi connectivity index (χ0) is 18.1. The molecule has 4 heterocycles. The number of piperidine rings is 1. The van der Waals surface area contributed by atoms with Crippen LogP contribution in [0.2, 0.25) is 0 Å². The van der Waals surface area contributed by atoms with E-state index >= 15 is 0 Å². The summed E-state index contributed by atoms with van der Waals surface area (Å²) in [6.45, 7) is 1.86. The van der Waals surface area contributed by atoms with Crippen LogP contribution in [0.15, 0.2) is 61.4 Å². The first kappa shape index (κ1) is 15.9. The molecule has 134 valence electrons. The summed E-state index contributed by atoms with van der Waals surface area (Å²) in [4.78, 5) is 20.2. The Hall–Kier alpha value is -3.35. The molecule has 1 aromatic carbocycles. The third-order valence-corrected chi connectivity index (χ3v) is 5.10. The van der Waals surface area contributed by atoms with E-state index in [-0.39, 0.29) is 0 Å². The first-order chi connectivity index (χ1) is 13.4. The Morgan fingerprint density at radius 2 is 1.70 bits per heavy atom. The maximum Gasteiger partial charge on any atom is 0.162 e. The Bertz CT molecular complexity index is 1040. The molecule has 7 nitrogen and oxygen atoms in total. The molecule has 1 fully saturated rings. The molecule has 0 unspecified atom stereocenters. The molecule has 0 N–H and O–H groups in total. The van der Waals surface area contributed by atoms with E-state index in [4.69, 9.17) is 9.97 Å². The van der Waals surface area contributed by atoms with Crippen LogP contribution in [0.5, 0.6) is 0 Å². The molecule has 1 aliphatic rings. The van der Waals surface area contributed by atoms with Crippen molar-refractivity contribution in [2.24, 2.45) is 0 Å². The van der Waals surface area contributed by atoms with Crippen LogP contribution in [0.3, 0.4) is 0 Å². The lowest BCUT2D eigenvalue weighted by Crippen LogP contribution is -2.35. The lowest BCUT2D eigenvalue weighted by atomic mass is 10.0. The molecule has 4 aromatic rings. The van der Waals surface area contributed by atoms with Crippen molar-refractivity contribution in [3.05, 3.63) is 61.4 Å². The van der Waals surface area contributed by atoms with Crippen molar-refractivity contribution in [1.29, 1.82) is 0 Å². The summed E-state index contributed by atoms with van der Waals surface area (Å²) in [5.41, 5.74) is 1.95. The van der Waals surface area contributed by atoms with Crippen LogP contribution in [-0.4, -0.2) is 42.8 Å². The monoisotopic (exact) mass is 357 g/mol. The van der Waals surface area contributed by atoms with E-state index in [0.717, 1.165) is 54.0 Å². The van der Waals surface area contributed by atoms with Gasteiger partial charge in [-0.3, -0.25) is 4.98 Å². The Kier molecular flexibility index (Phi) is 3.97. The average molecular weight is 357 g/mol. The molecule has 0 amide bonds. The second-order valence-electron chi connectivity index (χ2n) is 6.72. The number of pyridine rings is 1. The fraction of sp³-hybridized carbons (Fsp3) is 0.250. The normalized spacial score (nSPS) is 15.3. The van der Waals surface area contributed by atoms with Gasteiger partial charge in [0.05, 0.1) is 11.6 Å². The number of nitrogens with zero attached hydrogens (tertiary/aromatic N) is 7. The summed E-state index contributed by atoms with van der Waals surface area (Å²) in [6.07, 6.45) is 9.00. The topological polar surface area (TPSA) is 72.6 Å². The highest BCUT2D eigenvalue weighted by molar-refractivity contribution is 5.91. The molecule has 5 rings (SSSR count). The molecular weight excluding hydrogens is 338 g/mol. The van der Waals surface area contributed by atoms with Gasteiger partial charge in [0, 0.05) is 36.4 Å². The van der Waals surface area contributed by atoms with Crippen molar-refractivity contribution >= 4 is 16.7 Å². The Balaban J connectivity index is 1.51. The number of hydrogen-bond acceptors (Lipinski definition) is 6. The van der Waals surface area contributed by atoms with Crippen LogP contribution in [0, 0.1) is 0 Å². The Labute approximate surface area is 156 Å². The molecule has 27 heavy (non-hydrogen) atoms. The molecule has 1 aliphatic heterocycles. The van der Waals surface area contributed by atoms with E-state index in [1.165, 1.54) is 0 Å². The molecule has 0 spiro atoms. The fourth-order valence-corrected chi connectivity index (χ4v) is 3.68. The number of rotatable bonds is 3. The highest BCUT2D eigenvalue weighted by atomic mass is 15.3. The van der Waals surface area contributed by atoms with E-state index in [1.807, 2.05) is 41.3 Å². The number of para-hydroxylation sites is 1. The van der Waals surface area contributed by atoms with Crippen LogP contribution >= 0.6 is 0 Å². The summed E-state index contributed by atoms with van der Waals surface area (Å²) < 4.78 is 1.97. The molecule has 3 aromatic heterocycles. The molecule has 0 atom stereocenters. The van der Waals surface area contributed by atoms with Gasteiger partial charge in [-0.1, -0.05) is 12.1 Å². The largest absolute Gasteiger partial charge is 0.356 e. The molecule has 1 saturated heterocycles. The highest BCUT2D eigenvalue weighted by Gasteiger charge is 2.24. The van der Waals surface area contributed by atoms with Gasteiger partial charge in [-0.05, 0) is 37.1 Å². The van der Waals surface area contributed by atoms with Gasteiger partial charge < -0.3 is 4.90 Å². The predicted octanol–water partition coefficient (Wildman–Crippen LogP) is 3.12. The van der Waals surface area contributed by atoms with Crippen molar-refractivity contribution in [2.75, 3.05) is 18.0 Å². The summed E-state index contributed by atoms with van der Waals surface area (Å²) in [5, 5.41) is 5.39. The average Bonchev–Trinajstić information content (AvgIpc) is 3.29. The van der Waals surface area contributed by atoms with E-state index in [2.05, 4.69) is 26.0 Å². The van der Waals surface area contributed by atoms with E-state index < -0.39 is 0 Å². The van der Waals surface area contributed by atoms with Gasteiger partial charge in [-0.25, -0.2) is 19.6 Å². The highest BCUT2D eigenvalue weighted by Crippen LogP contribution is 2.31. The first-order valence-electron chi connectivity index (χ1n) is 9.15. The Morgan fingerprint density at radius 3 is 2.48 bits per heavy atom. The minimum Gasteiger partial charge on any atom is -0.356 e. The zero-order valence-corrected chi connectivity index (χ0v) is 14.8. The lowest BCUT2D eigenvalue weighted by molar-refractivity contribution is 0.365. The third-order valence-electron chi connectivity index (χ3n) is 5.10. The molecule has 0 radical (unpaired) electrons. The van der Waals surface area contributed by atoms with Crippen LogP contribution < -0.4 is 4.90 Å². The van der Waals surface area contributed by atoms with Crippen molar-refractivity contribution in [2.45, 2.75) is 18.9 Å². The SMILES string of the molecule is c1ccc2c(N3CCC(n4cncn4)CC3)nc(-c3ccncc3)nc2c1. The molecule has 0 bridgehead atoms. The van der Waals surface area contributed by atoms with Crippen molar-refractivity contribution in [1.82, 2.24) is 29.7 Å². The van der Waals surface area contributed by atoms with Crippen LogP contribution in [0.1, 0.15) is 18.9 Å². The summed E-state index contributed by atoms with van der Waals surface area (Å²) in [5.74, 6) is 1.74. The van der Waals surface area contributed by atoms with Crippen LogP contribution in [0.25, 0.3) is 22.3 Å². The van der Waals surface area contributed by atoms with E-state index in [0.29, 0.717) is 6.04 Å². The number of aromatic nitrogens is 6. The van der Waals surface area contributed by atoms with Crippen molar-refractivity contribution < 1.29 is 0 Å². The maximum absolute atomic E-state index is 4.93. The van der Waals surface area contributed by atoms with Gasteiger partial charge >= 0.3 is 0 Å². The quantitative estimate of drug-likeness (QED) is 0.561. The van der Waals surface area contributed by atoms with Crippen LogP contribution in [-0.2, 0) is 0 Å². The Morgan fingerprint density at radius 1 is 0.889 bits per heavy atom. The minimum atomic E-state index is 0.400. The van der Waals surface area contributed by atoms with Gasteiger partial charge in [-0.15, -0.1) is 0 Å². The zero-order valence-electron chi connectivity index (χ0n) is 14.8. The standard InChI is InChI=1S/C20H19N7/c1-2-4-18-17(3-1)20(25-19(24-18)15-5-9-21-10-6-15)26-11-7-16(8-12-26)27-14-22-13-23-27/h1-6,9-10,13-14,16H,7-8,11-12H2. The van der Waals surface area contributed by atoms with Gasteiger partial charge in [-0.2, -0.15) is 5.10 Å². The number of hydrogen-bond donors (Lipinski definition) is 0. The van der Waals surface area contributed by atoms with E-state index in [9.17, 15) is 0 Å². The predicted molar refractivity (Wildman–Crippen MR) is 103 cm³/mol. The number of anilines is 1. The lowest BCUT2D eigenvalue weighted by Gasteiger charge is -2.33. The van der Waals surface area contributed by atoms with Crippen molar-refractivity contribution in [3.8, 4) is 11.4 Å².